The smallest absolute Gasteiger partial charge is 0.423 e. The van der Waals surface area contributed by atoms with Crippen LogP contribution in [0.2, 0.25) is 0 Å². The van der Waals surface area contributed by atoms with Crippen molar-refractivity contribution in [1.29, 1.82) is 0 Å². The second kappa shape index (κ2) is 6.84. The number of hydrogen-bond donors (Lipinski definition) is 3. The van der Waals surface area contributed by atoms with Crippen LogP contribution >= 0.6 is 0 Å². The van der Waals surface area contributed by atoms with Crippen LogP contribution in [0.3, 0.4) is 0 Å². The number of nitrogens with one attached hydrogen (secondary N) is 1. The van der Waals surface area contributed by atoms with Crippen LogP contribution in [0, 0.1) is 10.1 Å². The van der Waals surface area contributed by atoms with Gasteiger partial charge in [-0.15, -0.1) is 0 Å². The van der Waals surface area contributed by atoms with Gasteiger partial charge < -0.3 is 15.4 Å². The van der Waals surface area contributed by atoms with Crippen molar-refractivity contribution in [3.05, 3.63) is 69.8 Å². The largest absolute Gasteiger partial charge is 0.495 e. The Hall–Kier alpha value is -2.71. The Bertz CT molecular complexity index is 691. The van der Waals surface area contributed by atoms with Gasteiger partial charge >= 0.3 is 7.12 Å². The molecule has 0 unspecified atom stereocenters. The molecule has 0 atom stereocenters. The maximum atomic E-state index is 12.0. The molecule has 0 heterocycles. The number of benzene rings is 2. The van der Waals surface area contributed by atoms with Crippen molar-refractivity contribution in [3.63, 3.8) is 0 Å². The van der Waals surface area contributed by atoms with E-state index >= 15 is 0 Å². The predicted octanol–water partition coefficient (Wildman–Crippen LogP) is 0.205. The highest BCUT2D eigenvalue weighted by Crippen LogP contribution is 2.12. The van der Waals surface area contributed by atoms with E-state index in [0.29, 0.717) is 0 Å². The highest BCUT2D eigenvalue weighted by atomic mass is 16.6. The summed E-state index contributed by atoms with van der Waals surface area (Å²) in [5.41, 5.74) is 0.201. The van der Waals surface area contributed by atoms with E-state index in [-0.39, 0.29) is 17.6 Å². The first-order valence-corrected chi connectivity index (χ1v) is 6.45. The van der Waals surface area contributed by atoms with Crippen molar-refractivity contribution in [2.75, 3.05) is 0 Å². The Morgan fingerprint density at radius 1 is 1.18 bits per heavy atom. The summed E-state index contributed by atoms with van der Waals surface area (Å²) in [5.74, 6) is -0.481. The van der Waals surface area contributed by atoms with Crippen molar-refractivity contribution >= 4 is 24.2 Å². The molecule has 2 aromatic carbocycles. The zero-order valence-electron chi connectivity index (χ0n) is 11.5. The lowest BCUT2D eigenvalue weighted by Gasteiger charge is -2.07. The third kappa shape index (κ3) is 3.69. The quantitative estimate of drug-likeness (QED) is 0.415. The lowest BCUT2D eigenvalue weighted by atomic mass is 9.78. The molecule has 0 saturated heterocycles. The monoisotopic (exact) mass is 300 g/mol. The molecule has 2 rings (SSSR count). The zero-order valence-corrected chi connectivity index (χ0v) is 11.5. The molecule has 0 fully saturated rings. The van der Waals surface area contributed by atoms with Gasteiger partial charge in [0.15, 0.2) is 0 Å². The first kappa shape index (κ1) is 15.7. The molecule has 1 amide bonds. The summed E-state index contributed by atoms with van der Waals surface area (Å²) >= 11 is 0. The van der Waals surface area contributed by atoms with Gasteiger partial charge in [-0.25, -0.2) is 0 Å². The van der Waals surface area contributed by atoms with Gasteiger partial charge in [0.1, 0.15) is 0 Å². The number of nitrogens with zero attached hydrogens (tertiary/aromatic N) is 1. The standard InChI is InChI=1S/C14H13BN2O5/c18-14(16-9-10-4-2-1-3-5-10)11-6-7-12(15(19)20)13(8-11)17(21)22/h1-8,19-20H,9H2,(H,16,18). The number of carbonyl (C=O) groups excluding carboxylic acids is 1. The summed E-state index contributed by atoms with van der Waals surface area (Å²) in [4.78, 5) is 22.2. The van der Waals surface area contributed by atoms with Crippen LogP contribution in [-0.4, -0.2) is 28.0 Å². The summed E-state index contributed by atoms with van der Waals surface area (Å²) in [6.07, 6.45) is 0. The Balaban J connectivity index is 2.16. The van der Waals surface area contributed by atoms with Gasteiger partial charge in [0.2, 0.25) is 0 Å². The summed E-state index contributed by atoms with van der Waals surface area (Å²) in [5, 5.41) is 31.7. The number of rotatable bonds is 5. The molecule has 22 heavy (non-hydrogen) atoms. The van der Waals surface area contributed by atoms with Crippen LogP contribution < -0.4 is 10.8 Å². The van der Waals surface area contributed by atoms with E-state index < -0.39 is 23.6 Å². The summed E-state index contributed by atoms with van der Waals surface area (Å²) < 4.78 is 0. The fraction of sp³-hybridized carbons (Fsp3) is 0.0714. The molecule has 3 N–H and O–H groups in total. The number of nitro benzene ring substituents is 1. The minimum Gasteiger partial charge on any atom is -0.423 e. The maximum Gasteiger partial charge on any atom is 0.495 e. The molecule has 0 bridgehead atoms. The second-order valence-electron chi connectivity index (χ2n) is 4.57. The van der Waals surface area contributed by atoms with Gasteiger partial charge in [0.05, 0.1) is 10.4 Å². The number of amides is 1. The van der Waals surface area contributed by atoms with E-state index in [2.05, 4.69) is 5.32 Å². The second-order valence-corrected chi connectivity index (χ2v) is 4.57. The van der Waals surface area contributed by atoms with Gasteiger partial charge in [-0.05, 0) is 11.6 Å². The first-order valence-electron chi connectivity index (χ1n) is 6.45. The molecule has 0 aromatic heterocycles. The molecule has 2 aromatic rings. The van der Waals surface area contributed by atoms with Gasteiger partial charge in [0.25, 0.3) is 11.6 Å². The molecule has 0 saturated carbocycles. The van der Waals surface area contributed by atoms with Gasteiger partial charge in [-0.1, -0.05) is 36.4 Å². The predicted molar refractivity (Wildman–Crippen MR) is 80.5 cm³/mol. The number of hydrogen-bond acceptors (Lipinski definition) is 5. The van der Waals surface area contributed by atoms with E-state index in [0.717, 1.165) is 17.7 Å². The Kier molecular flexibility index (Phi) is 4.87. The highest BCUT2D eigenvalue weighted by molar-refractivity contribution is 6.60. The minimum absolute atomic E-state index is 0.0760. The lowest BCUT2D eigenvalue weighted by molar-refractivity contribution is -0.383. The Morgan fingerprint density at radius 2 is 1.86 bits per heavy atom. The number of carbonyl (C=O) groups is 1. The molecule has 112 valence electrons. The molecular formula is C14H13BN2O5. The Labute approximate surface area is 126 Å². The van der Waals surface area contributed by atoms with Crippen molar-refractivity contribution < 1.29 is 19.8 Å². The van der Waals surface area contributed by atoms with Crippen LogP contribution in [0.15, 0.2) is 48.5 Å². The van der Waals surface area contributed by atoms with Gasteiger partial charge in [-0.2, -0.15) is 0 Å². The molecule has 7 nitrogen and oxygen atoms in total. The van der Waals surface area contributed by atoms with Crippen LogP contribution in [-0.2, 0) is 6.54 Å². The first-order chi connectivity index (χ1) is 10.5. The van der Waals surface area contributed by atoms with E-state index in [9.17, 15) is 14.9 Å². The molecule has 0 aliphatic heterocycles. The molecular weight excluding hydrogens is 287 g/mol. The SMILES string of the molecule is O=C(NCc1ccccc1)c1ccc(B(O)O)c([N+](=O)[O-])c1. The summed E-state index contributed by atoms with van der Waals surface area (Å²) in [6, 6.07) is 12.7. The fourth-order valence-electron chi connectivity index (χ4n) is 1.94. The van der Waals surface area contributed by atoms with Gasteiger partial charge in [-0.3, -0.25) is 14.9 Å². The van der Waals surface area contributed by atoms with E-state index in [1.165, 1.54) is 6.07 Å². The van der Waals surface area contributed by atoms with Crippen molar-refractivity contribution in [3.8, 4) is 0 Å². The average molecular weight is 300 g/mol. The minimum atomic E-state index is -1.97. The molecule has 0 spiro atoms. The third-order valence-electron chi connectivity index (χ3n) is 3.06. The van der Waals surface area contributed by atoms with Crippen LogP contribution in [0.1, 0.15) is 15.9 Å². The summed E-state index contributed by atoms with van der Waals surface area (Å²) in [7, 11) is -1.97. The number of nitro groups is 1. The maximum absolute atomic E-state index is 12.0. The van der Waals surface area contributed by atoms with Crippen molar-refractivity contribution in [1.82, 2.24) is 5.32 Å². The average Bonchev–Trinajstić information content (AvgIpc) is 2.52. The molecule has 0 aliphatic rings. The topological polar surface area (TPSA) is 113 Å². The summed E-state index contributed by atoms with van der Waals surface area (Å²) in [6.45, 7) is 0.290. The van der Waals surface area contributed by atoms with E-state index in [1.54, 1.807) is 0 Å². The third-order valence-corrected chi connectivity index (χ3v) is 3.06. The fourth-order valence-corrected chi connectivity index (χ4v) is 1.94. The van der Waals surface area contributed by atoms with E-state index in [1.807, 2.05) is 30.3 Å². The normalized spacial score (nSPS) is 10.1. The van der Waals surface area contributed by atoms with Crippen LogP contribution in [0.5, 0.6) is 0 Å². The van der Waals surface area contributed by atoms with Crippen molar-refractivity contribution in [2.24, 2.45) is 0 Å². The van der Waals surface area contributed by atoms with Crippen molar-refractivity contribution in [2.45, 2.75) is 6.54 Å². The van der Waals surface area contributed by atoms with Crippen LogP contribution in [0.4, 0.5) is 5.69 Å². The van der Waals surface area contributed by atoms with Gasteiger partial charge in [0, 0.05) is 18.2 Å². The van der Waals surface area contributed by atoms with Crippen LogP contribution in [0.25, 0.3) is 0 Å². The highest BCUT2D eigenvalue weighted by Gasteiger charge is 2.25. The lowest BCUT2D eigenvalue weighted by Crippen LogP contribution is -2.33. The zero-order chi connectivity index (χ0) is 16.1. The van der Waals surface area contributed by atoms with E-state index in [4.69, 9.17) is 10.0 Å². The molecule has 8 heteroatoms. The molecule has 0 radical (unpaired) electrons. The molecule has 0 aliphatic carbocycles. The Morgan fingerprint density at radius 3 is 2.45 bits per heavy atom.